The van der Waals surface area contributed by atoms with Gasteiger partial charge in [0, 0.05) is 55.2 Å². The number of fused-ring (bicyclic) bond motifs is 6. The second kappa shape index (κ2) is 14.7. The fourth-order valence-electron chi connectivity index (χ4n) is 9.15. The lowest BCUT2D eigenvalue weighted by molar-refractivity contribution is 1.07. The number of hydrogen-bond acceptors (Lipinski definition) is 3. The second-order valence-corrected chi connectivity index (χ2v) is 15.6. The van der Waals surface area contributed by atoms with Crippen molar-refractivity contribution in [1.82, 2.24) is 24.1 Å². The van der Waals surface area contributed by atoms with Gasteiger partial charge < -0.3 is 9.13 Å². The average molecular weight is 792 g/mol. The van der Waals surface area contributed by atoms with Crippen LogP contribution in [-0.4, -0.2) is 24.1 Å². The van der Waals surface area contributed by atoms with Crippen molar-refractivity contribution >= 4 is 43.6 Å². The summed E-state index contributed by atoms with van der Waals surface area (Å²) in [5.74, 6) is 1.92. The van der Waals surface area contributed by atoms with Crippen LogP contribution in [0.3, 0.4) is 0 Å². The first-order valence-corrected chi connectivity index (χ1v) is 21.0. The molecule has 0 saturated carbocycles. The smallest absolute Gasteiger partial charge is 0.164 e. The average Bonchev–Trinajstić information content (AvgIpc) is 3.88. The maximum absolute atomic E-state index is 5.01. The standard InChI is InChI=1S/C57H37N5/c1-5-17-39(18-6-1)55-58-56(40-19-7-2-8-20-40)60-57(59-55)41-31-29-38(30-32-41)46-35-34-45(53-48-26-14-16-28-51(48)62(54(46)53)44-23-11-4-12-24-44)42-33-36-52-49(37-42)47-25-13-15-27-50(47)61(52)43-21-9-3-10-22-43/h1-37H. The number of nitrogens with zero attached hydrogens (tertiary/aromatic N) is 5. The molecule has 0 amide bonds. The molecule has 5 nitrogen and oxygen atoms in total. The Kier molecular flexibility index (Phi) is 8.42. The Balaban J connectivity index is 1.06. The molecule has 0 N–H and O–H groups in total. The van der Waals surface area contributed by atoms with Crippen LogP contribution in [0.2, 0.25) is 0 Å². The lowest BCUT2D eigenvalue weighted by Gasteiger charge is -2.15. The molecule has 0 aliphatic heterocycles. The highest BCUT2D eigenvalue weighted by Gasteiger charge is 2.22. The summed E-state index contributed by atoms with van der Waals surface area (Å²) in [4.78, 5) is 14.9. The predicted molar refractivity (Wildman–Crippen MR) is 256 cm³/mol. The summed E-state index contributed by atoms with van der Waals surface area (Å²) in [5, 5.41) is 4.89. The minimum Gasteiger partial charge on any atom is -0.309 e. The van der Waals surface area contributed by atoms with Gasteiger partial charge in [-0.3, -0.25) is 0 Å². The van der Waals surface area contributed by atoms with Gasteiger partial charge >= 0.3 is 0 Å². The maximum Gasteiger partial charge on any atom is 0.164 e. The minimum absolute atomic E-state index is 0.632. The molecule has 0 spiro atoms. The van der Waals surface area contributed by atoms with E-state index in [9.17, 15) is 0 Å². The van der Waals surface area contributed by atoms with E-state index in [2.05, 4.69) is 173 Å². The van der Waals surface area contributed by atoms with Crippen molar-refractivity contribution in [2.75, 3.05) is 0 Å². The zero-order chi connectivity index (χ0) is 41.0. The molecule has 0 radical (unpaired) electrons. The molecule has 0 aliphatic carbocycles. The number of benzene rings is 9. The lowest BCUT2D eigenvalue weighted by Crippen LogP contribution is -2.00. The zero-order valence-corrected chi connectivity index (χ0v) is 33.6. The Morgan fingerprint density at radius 1 is 0.274 bits per heavy atom. The van der Waals surface area contributed by atoms with Gasteiger partial charge in [0.15, 0.2) is 17.5 Å². The van der Waals surface area contributed by atoms with E-state index in [1.165, 1.54) is 43.7 Å². The lowest BCUT2D eigenvalue weighted by atomic mass is 9.93. The highest BCUT2D eigenvalue weighted by atomic mass is 15.0. The number of para-hydroxylation sites is 4. The molecule has 3 aromatic heterocycles. The third kappa shape index (κ3) is 5.90. The van der Waals surface area contributed by atoms with Crippen molar-refractivity contribution in [2.24, 2.45) is 0 Å². The van der Waals surface area contributed by atoms with Gasteiger partial charge in [-0.05, 0) is 65.2 Å². The SMILES string of the molecule is c1ccc(-c2nc(-c3ccccc3)nc(-c3ccc(-c4ccc(-c5ccc6c(c5)c5ccccc5n6-c5ccccc5)c5c6ccccc6n(-c6ccccc6)c45)cc3)n2)cc1. The van der Waals surface area contributed by atoms with Crippen molar-refractivity contribution in [1.29, 1.82) is 0 Å². The van der Waals surface area contributed by atoms with Gasteiger partial charge in [0.25, 0.3) is 0 Å². The highest BCUT2D eigenvalue weighted by Crippen LogP contribution is 2.45. The molecule has 290 valence electrons. The van der Waals surface area contributed by atoms with Crippen LogP contribution >= 0.6 is 0 Å². The fourth-order valence-corrected chi connectivity index (χ4v) is 9.15. The van der Waals surface area contributed by atoms with Crippen LogP contribution in [0.5, 0.6) is 0 Å². The Morgan fingerprint density at radius 2 is 0.694 bits per heavy atom. The molecular formula is C57H37N5. The molecule has 12 aromatic rings. The summed E-state index contributed by atoms with van der Waals surface area (Å²) in [6.07, 6.45) is 0. The first-order chi connectivity index (χ1) is 30.8. The molecule has 0 saturated heterocycles. The van der Waals surface area contributed by atoms with E-state index in [1.807, 2.05) is 60.7 Å². The fraction of sp³-hybridized carbons (Fsp3) is 0. The molecule has 5 heteroatoms. The first-order valence-electron chi connectivity index (χ1n) is 21.0. The van der Waals surface area contributed by atoms with Crippen LogP contribution < -0.4 is 0 Å². The molecule has 0 bridgehead atoms. The van der Waals surface area contributed by atoms with E-state index < -0.39 is 0 Å². The van der Waals surface area contributed by atoms with Crippen molar-refractivity contribution in [2.45, 2.75) is 0 Å². The summed E-state index contributed by atoms with van der Waals surface area (Å²) >= 11 is 0. The summed E-state index contributed by atoms with van der Waals surface area (Å²) in [7, 11) is 0. The van der Waals surface area contributed by atoms with Gasteiger partial charge in [0.1, 0.15) is 0 Å². The number of hydrogen-bond donors (Lipinski definition) is 0. The zero-order valence-electron chi connectivity index (χ0n) is 33.6. The van der Waals surface area contributed by atoms with Gasteiger partial charge in [-0.25, -0.2) is 15.0 Å². The summed E-state index contributed by atoms with van der Waals surface area (Å²) < 4.78 is 4.81. The quantitative estimate of drug-likeness (QED) is 0.162. The van der Waals surface area contributed by atoms with Gasteiger partial charge in [-0.2, -0.15) is 0 Å². The molecule has 0 unspecified atom stereocenters. The summed E-state index contributed by atoms with van der Waals surface area (Å²) in [5.41, 5.74) is 14.4. The number of aromatic nitrogens is 5. The molecule has 0 aliphatic rings. The van der Waals surface area contributed by atoms with Crippen molar-refractivity contribution in [3.05, 3.63) is 224 Å². The Labute approximate surface area is 358 Å². The third-order valence-electron chi connectivity index (χ3n) is 12.0. The van der Waals surface area contributed by atoms with E-state index in [-0.39, 0.29) is 0 Å². The number of rotatable bonds is 7. The summed E-state index contributed by atoms with van der Waals surface area (Å²) in [6, 6.07) is 79.4. The second-order valence-electron chi connectivity index (χ2n) is 15.6. The van der Waals surface area contributed by atoms with Crippen LogP contribution in [0.15, 0.2) is 224 Å². The van der Waals surface area contributed by atoms with Crippen molar-refractivity contribution in [3.63, 3.8) is 0 Å². The van der Waals surface area contributed by atoms with Gasteiger partial charge in [-0.1, -0.05) is 176 Å². The third-order valence-corrected chi connectivity index (χ3v) is 12.0. The van der Waals surface area contributed by atoms with Crippen molar-refractivity contribution < 1.29 is 0 Å². The highest BCUT2D eigenvalue weighted by molar-refractivity contribution is 6.20. The van der Waals surface area contributed by atoms with Gasteiger partial charge in [0.05, 0.1) is 22.1 Å². The van der Waals surface area contributed by atoms with Crippen molar-refractivity contribution in [3.8, 4) is 67.8 Å². The van der Waals surface area contributed by atoms with Gasteiger partial charge in [0.2, 0.25) is 0 Å². The Hall–Kier alpha value is -8.41. The van der Waals surface area contributed by atoms with Crippen LogP contribution in [0, 0.1) is 0 Å². The largest absolute Gasteiger partial charge is 0.309 e. The maximum atomic E-state index is 5.01. The van der Waals surface area contributed by atoms with E-state index in [0.717, 1.165) is 50.2 Å². The molecule has 0 atom stereocenters. The molecule has 12 rings (SSSR count). The first kappa shape index (κ1) is 35.5. The van der Waals surface area contributed by atoms with Crippen LogP contribution in [0.25, 0.3) is 111 Å². The molecule has 3 heterocycles. The van der Waals surface area contributed by atoms with E-state index in [0.29, 0.717) is 17.5 Å². The van der Waals surface area contributed by atoms with Gasteiger partial charge in [-0.15, -0.1) is 0 Å². The minimum atomic E-state index is 0.632. The van der Waals surface area contributed by atoms with Crippen LogP contribution in [-0.2, 0) is 0 Å². The van der Waals surface area contributed by atoms with Crippen LogP contribution in [0.1, 0.15) is 0 Å². The van der Waals surface area contributed by atoms with Crippen LogP contribution in [0.4, 0.5) is 0 Å². The molecule has 0 fully saturated rings. The Bertz CT molecular complexity index is 3540. The Morgan fingerprint density at radius 3 is 1.29 bits per heavy atom. The monoisotopic (exact) mass is 791 g/mol. The predicted octanol–water partition coefficient (Wildman–Crippen LogP) is 14.4. The normalized spacial score (nSPS) is 11.5. The van der Waals surface area contributed by atoms with E-state index >= 15 is 0 Å². The van der Waals surface area contributed by atoms with E-state index in [1.54, 1.807) is 0 Å². The summed E-state index contributed by atoms with van der Waals surface area (Å²) in [6.45, 7) is 0. The topological polar surface area (TPSA) is 48.5 Å². The van der Waals surface area contributed by atoms with E-state index in [4.69, 9.17) is 15.0 Å². The molecule has 9 aromatic carbocycles. The molecular weight excluding hydrogens is 755 g/mol. The molecule has 62 heavy (non-hydrogen) atoms.